The second-order valence-corrected chi connectivity index (χ2v) is 5.27. The number of hydrogen-bond donors (Lipinski definition) is 1. The van der Waals surface area contributed by atoms with Gasteiger partial charge in [0.25, 0.3) is 0 Å². The zero-order chi connectivity index (χ0) is 18.5. The number of anilines is 1. The lowest BCUT2D eigenvalue weighted by molar-refractivity contribution is -0.138. The van der Waals surface area contributed by atoms with Crippen LogP contribution in [0.15, 0.2) is 64.7 Å². The smallest absolute Gasteiger partial charge is 0.354 e. The van der Waals surface area contributed by atoms with Gasteiger partial charge < -0.3 is 19.2 Å². The highest BCUT2D eigenvalue weighted by atomic mass is 16.5. The first-order valence-electron chi connectivity index (χ1n) is 7.71. The van der Waals surface area contributed by atoms with Crippen LogP contribution < -0.4 is 5.32 Å². The highest BCUT2D eigenvalue weighted by Crippen LogP contribution is 2.26. The molecule has 2 aromatic carbocycles. The maximum absolute atomic E-state index is 11.8. The molecule has 0 amide bonds. The third-order valence-electron chi connectivity index (χ3n) is 3.55. The number of oxazole rings is 1. The second-order valence-electron chi connectivity index (χ2n) is 5.27. The summed E-state index contributed by atoms with van der Waals surface area (Å²) in [5.74, 6) is -0.915. The highest BCUT2D eigenvalue weighted by Gasteiger charge is 2.14. The number of para-hydroxylation sites is 2. The summed E-state index contributed by atoms with van der Waals surface area (Å²) in [7, 11) is 2.45. The third kappa shape index (κ3) is 3.72. The molecular formula is C19H16N2O5. The fourth-order valence-electron chi connectivity index (χ4n) is 2.31. The summed E-state index contributed by atoms with van der Waals surface area (Å²) >= 11 is 0. The summed E-state index contributed by atoms with van der Waals surface area (Å²) in [6.07, 6.45) is 1.03. The van der Waals surface area contributed by atoms with Crippen molar-refractivity contribution in [3.63, 3.8) is 0 Å². The lowest BCUT2D eigenvalue weighted by atomic mass is 10.2. The Morgan fingerprint density at radius 1 is 1.08 bits per heavy atom. The van der Waals surface area contributed by atoms with Gasteiger partial charge in [0.05, 0.1) is 20.3 Å². The van der Waals surface area contributed by atoms with Crippen LogP contribution >= 0.6 is 0 Å². The molecule has 0 fully saturated rings. The maximum atomic E-state index is 11.8. The number of hydrogen-bond acceptors (Lipinski definition) is 7. The van der Waals surface area contributed by atoms with Crippen LogP contribution in [-0.4, -0.2) is 31.1 Å². The lowest BCUT2D eigenvalue weighted by Crippen LogP contribution is -2.15. The van der Waals surface area contributed by atoms with E-state index in [0.29, 0.717) is 22.7 Å². The van der Waals surface area contributed by atoms with E-state index >= 15 is 0 Å². The van der Waals surface area contributed by atoms with E-state index in [2.05, 4.69) is 19.8 Å². The molecule has 0 saturated carbocycles. The largest absolute Gasteiger partial charge is 0.466 e. The minimum Gasteiger partial charge on any atom is -0.466 e. The Balaban J connectivity index is 1.91. The molecule has 0 radical (unpaired) electrons. The highest BCUT2D eigenvalue weighted by molar-refractivity contribution is 5.98. The zero-order valence-electron chi connectivity index (χ0n) is 14.2. The van der Waals surface area contributed by atoms with Crippen molar-refractivity contribution >= 4 is 28.7 Å². The van der Waals surface area contributed by atoms with Crippen LogP contribution in [0.4, 0.5) is 5.69 Å². The van der Waals surface area contributed by atoms with Crippen LogP contribution in [0.2, 0.25) is 0 Å². The quantitative estimate of drug-likeness (QED) is 0.557. The fourth-order valence-corrected chi connectivity index (χ4v) is 2.31. The standard InChI is InChI=1S/C19H16N2O5/c1-24-17(22)11-15(19(23)25-2)20-13-7-5-6-12(10-13)18-21-14-8-3-4-9-16(14)26-18/h3-11,20H,1-2H3/b15-11+. The van der Waals surface area contributed by atoms with Crippen LogP contribution in [0.3, 0.4) is 0 Å². The number of nitrogens with one attached hydrogen (secondary N) is 1. The van der Waals surface area contributed by atoms with Gasteiger partial charge in [0.1, 0.15) is 11.2 Å². The molecule has 0 saturated heterocycles. The predicted octanol–water partition coefficient (Wildman–Crippen LogP) is 3.14. The van der Waals surface area contributed by atoms with Crippen molar-refractivity contribution in [2.24, 2.45) is 0 Å². The minimum atomic E-state index is -0.692. The number of esters is 2. The predicted molar refractivity (Wildman–Crippen MR) is 95.2 cm³/mol. The van der Waals surface area contributed by atoms with E-state index in [4.69, 9.17) is 4.42 Å². The summed E-state index contributed by atoms with van der Waals surface area (Å²) in [6.45, 7) is 0. The number of nitrogens with zero attached hydrogens (tertiary/aromatic N) is 1. The van der Waals surface area contributed by atoms with E-state index in [1.54, 1.807) is 18.2 Å². The van der Waals surface area contributed by atoms with E-state index in [0.717, 1.165) is 11.6 Å². The molecule has 0 spiro atoms. The second kappa shape index (κ2) is 7.52. The summed E-state index contributed by atoms with van der Waals surface area (Å²) < 4.78 is 15.0. The molecule has 3 rings (SSSR count). The number of ether oxygens (including phenoxy) is 2. The van der Waals surface area contributed by atoms with Crippen molar-refractivity contribution in [3.05, 3.63) is 60.3 Å². The molecule has 0 atom stereocenters. The Morgan fingerprint density at radius 2 is 1.88 bits per heavy atom. The third-order valence-corrected chi connectivity index (χ3v) is 3.55. The van der Waals surface area contributed by atoms with Crippen molar-refractivity contribution in [2.45, 2.75) is 0 Å². The number of rotatable bonds is 5. The van der Waals surface area contributed by atoms with Crippen molar-refractivity contribution < 1.29 is 23.5 Å². The van der Waals surface area contributed by atoms with E-state index in [-0.39, 0.29) is 5.70 Å². The van der Waals surface area contributed by atoms with Gasteiger partial charge >= 0.3 is 11.9 Å². The molecule has 0 aliphatic heterocycles. The van der Waals surface area contributed by atoms with Crippen molar-refractivity contribution in [2.75, 3.05) is 19.5 Å². The average Bonchev–Trinajstić information content (AvgIpc) is 3.11. The van der Waals surface area contributed by atoms with Gasteiger partial charge in [-0.2, -0.15) is 0 Å². The average molecular weight is 352 g/mol. The number of carbonyl (C=O) groups is 2. The normalized spacial score (nSPS) is 11.2. The first-order chi connectivity index (χ1) is 12.6. The Kier molecular flexibility index (Phi) is 4.98. The Morgan fingerprint density at radius 3 is 2.62 bits per heavy atom. The molecule has 0 aliphatic rings. The van der Waals surface area contributed by atoms with Crippen LogP contribution in [0, 0.1) is 0 Å². The summed E-state index contributed by atoms with van der Waals surface area (Å²) in [4.78, 5) is 27.7. The van der Waals surface area contributed by atoms with Gasteiger partial charge in [-0.3, -0.25) is 0 Å². The van der Waals surface area contributed by atoms with Gasteiger partial charge in [-0.25, -0.2) is 14.6 Å². The maximum Gasteiger partial charge on any atom is 0.354 e. The van der Waals surface area contributed by atoms with E-state index in [1.165, 1.54) is 14.2 Å². The van der Waals surface area contributed by atoms with Gasteiger partial charge in [-0.05, 0) is 30.3 Å². The van der Waals surface area contributed by atoms with E-state index in [9.17, 15) is 9.59 Å². The van der Waals surface area contributed by atoms with Gasteiger partial charge in [0.15, 0.2) is 5.58 Å². The molecule has 0 aliphatic carbocycles. The number of carbonyl (C=O) groups excluding carboxylic acids is 2. The summed E-state index contributed by atoms with van der Waals surface area (Å²) in [5.41, 5.74) is 2.66. The zero-order valence-corrected chi connectivity index (χ0v) is 14.2. The number of methoxy groups -OCH3 is 2. The summed E-state index contributed by atoms with van der Waals surface area (Å²) in [6, 6.07) is 14.5. The first-order valence-corrected chi connectivity index (χ1v) is 7.71. The Hall–Kier alpha value is -3.61. The molecule has 7 nitrogen and oxygen atoms in total. The van der Waals surface area contributed by atoms with E-state index < -0.39 is 11.9 Å². The van der Waals surface area contributed by atoms with Crippen molar-refractivity contribution in [1.82, 2.24) is 4.98 Å². The molecule has 132 valence electrons. The molecule has 3 aromatic rings. The molecule has 7 heteroatoms. The van der Waals surface area contributed by atoms with Crippen LogP contribution in [-0.2, 0) is 19.1 Å². The molecular weight excluding hydrogens is 336 g/mol. The monoisotopic (exact) mass is 352 g/mol. The molecule has 26 heavy (non-hydrogen) atoms. The van der Waals surface area contributed by atoms with E-state index in [1.807, 2.05) is 30.3 Å². The molecule has 0 unspecified atom stereocenters. The van der Waals surface area contributed by atoms with Crippen molar-refractivity contribution in [1.29, 1.82) is 0 Å². The Bertz CT molecular complexity index is 957. The summed E-state index contributed by atoms with van der Waals surface area (Å²) in [5, 5.41) is 2.86. The first kappa shape index (κ1) is 17.2. The molecule has 1 N–H and O–H groups in total. The lowest BCUT2D eigenvalue weighted by Gasteiger charge is -2.09. The number of benzene rings is 2. The van der Waals surface area contributed by atoms with Crippen LogP contribution in [0.25, 0.3) is 22.6 Å². The minimum absolute atomic E-state index is 0.0472. The fraction of sp³-hybridized carbons (Fsp3) is 0.105. The van der Waals surface area contributed by atoms with Gasteiger partial charge in [0, 0.05) is 11.3 Å². The van der Waals surface area contributed by atoms with Crippen LogP contribution in [0.5, 0.6) is 0 Å². The van der Waals surface area contributed by atoms with Gasteiger partial charge in [-0.15, -0.1) is 0 Å². The van der Waals surface area contributed by atoms with Gasteiger partial charge in [-0.1, -0.05) is 18.2 Å². The van der Waals surface area contributed by atoms with Crippen LogP contribution in [0.1, 0.15) is 0 Å². The molecule has 1 heterocycles. The molecule has 1 aromatic heterocycles. The number of fused-ring (bicyclic) bond motifs is 1. The van der Waals surface area contributed by atoms with Crippen molar-refractivity contribution in [3.8, 4) is 11.5 Å². The topological polar surface area (TPSA) is 90.7 Å². The Labute approximate surface area is 149 Å². The number of aromatic nitrogens is 1. The van der Waals surface area contributed by atoms with Gasteiger partial charge in [0.2, 0.25) is 5.89 Å². The molecule has 0 bridgehead atoms. The SMILES string of the molecule is COC(=O)/C=C(/Nc1cccc(-c2nc3ccccc3o2)c1)C(=O)OC.